The predicted molar refractivity (Wildman–Crippen MR) is 67.7 cm³/mol. The van der Waals surface area contributed by atoms with Crippen molar-refractivity contribution in [3.8, 4) is 5.75 Å². The van der Waals surface area contributed by atoms with Gasteiger partial charge in [0.2, 0.25) is 0 Å². The fourth-order valence-corrected chi connectivity index (χ4v) is 1.61. The molecule has 100 valence electrons. The zero-order valence-corrected chi connectivity index (χ0v) is 10.5. The van der Waals surface area contributed by atoms with Gasteiger partial charge in [0.25, 0.3) is 5.69 Å². The Morgan fingerprint density at radius 3 is 2.78 bits per heavy atom. The van der Waals surface area contributed by atoms with Gasteiger partial charge in [0.1, 0.15) is 5.75 Å². The Morgan fingerprint density at radius 1 is 1.56 bits per heavy atom. The molecule has 18 heavy (non-hydrogen) atoms. The standard InChI is InChI=1S/C12H18N2O4/c1-3-10(8-15)13-7-9-6-11(14(16)17)4-5-12(9)18-2/h4-6,10,13,15H,3,7-8H2,1-2H3. The molecule has 0 bridgehead atoms. The molecule has 0 amide bonds. The fraction of sp³-hybridized carbons (Fsp3) is 0.500. The number of nitro groups is 1. The number of methoxy groups -OCH3 is 1. The number of nitro benzene ring substituents is 1. The first-order valence-corrected chi connectivity index (χ1v) is 5.77. The largest absolute Gasteiger partial charge is 0.496 e. The first-order valence-electron chi connectivity index (χ1n) is 5.77. The zero-order chi connectivity index (χ0) is 13.5. The highest BCUT2D eigenvalue weighted by molar-refractivity contribution is 5.43. The fourth-order valence-electron chi connectivity index (χ4n) is 1.61. The first-order chi connectivity index (χ1) is 8.62. The minimum absolute atomic E-state index is 0.0195. The van der Waals surface area contributed by atoms with Crippen LogP contribution in [0.25, 0.3) is 0 Å². The smallest absolute Gasteiger partial charge is 0.270 e. The SMILES string of the molecule is CCC(CO)NCc1cc([N+](=O)[O-])ccc1OC. The van der Waals surface area contributed by atoms with E-state index in [0.29, 0.717) is 17.9 Å². The second kappa shape index (κ2) is 6.93. The van der Waals surface area contributed by atoms with Gasteiger partial charge in [-0.25, -0.2) is 0 Å². The van der Waals surface area contributed by atoms with Crippen LogP contribution in [-0.2, 0) is 6.54 Å². The van der Waals surface area contributed by atoms with E-state index in [-0.39, 0.29) is 18.3 Å². The van der Waals surface area contributed by atoms with Crippen molar-refractivity contribution in [3.63, 3.8) is 0 Å². The predicted octanol–water partition coefficient (Wildman–Crippen LogP) is 1.46. The normalized spacial score (nSPS) is 12.2. The molecule has 1 unspecified atom stereocenters. The van der Waals surface area contributed by atoms with Crippen molar-refractivity contribution in [2.45, 2.75) is 25.9 Å². The number of rotatable bonds is 7. The van der Waals surface area contributed by atoms with E-state index >= 15 is 0 Å². The highest BCUT2D eigenvalue weighted by Crippen LogP contribution is 2.23. The average molecular weight is 254 g/mol. The van der Waals surface area contributed by atoms with Crippen molar-refractivity contribution < 1.29 is 14.8 Å². The van der Waals surface area contributed by atoms with Gasteiger partial charge in [-0.3, -0.25) is 10.1 Å². The maximum atomic E-state index is 10.7. The van der Waals surface area contributed by atoms with Gasteiger partial charge in [0, 0.05) is 30.3 Å². The molecule has 0 spiro atoms. The van der Waals surface area contributed by atoms with E-state index in [1.807, 2.05) is 6.92 Å². The first kappa shape index (κ1) is 14.4. The molecule has 6 heteroatoms. The van der Waals surface area contributed by atoms with E-state index in [9.17, 15) is 10.1 Å². The zero-order valence-electron chi connectivity index (χ0n) is 10.5. The number of non-ortho nitro benzene ring substituents is 1. The summed E-state index contributed by atoms with van der Waals surface area (Å²) >= 11 is 0. The van der Waals surface area contributed by atoms with Gasteiger partial charge in [-0.1, -0.05) is 6.92 Å². The van der Waals surface area contributed by atoms with Gasteiger partial charge < -0.3 is 15.2 Å². The number of benzene rings is 1. The van der Waals surface area contributed by atoms with Crippen LogP contribution in [-0.4, -0.2) is 29.8 Å². The van der Waals surface area contributed by atoms with Crippen molar-refractivity contribution in [1.29, 1.82) is 0 Å². The second-order valence-electron chi connectivity index (χ2n) is 3.92. The quantitative estimate of drug-likeness (QED) is 0.568. The van der Waals surface area contributed by atoms with Gasteiger partial charge >= 0.3 is 0 Å². The monoisotopic (exact) mass is 254 g/mol. The summed E-state index contributed by atoms with van der Waals surface area (Å²) in [6, 6.07) is 4.45. The lowest BCUT2D eigenvalue weighted by molar-refractivity contribution is -0.384. The summed E-state index contributed by atoms with van der Waals surface area (Å²) in [5.41, 5.74) is 0.739. The van der Waals surface area contributed by atoms with E-state index < -0.39 is 4.92 Å². The summed E-state index contributed by atoms with van der Waals surface area (Å²) in [5.74, 6) is 0.598. The summed E-state index contributed by atoms with van der Waals surface area (Å²) in [4.78, 5) is 10.3. The number of ether oxygens (including phenoxy) is 1. The van der Waals surface area contributed by atoms with Gasteiger partial charge in [-0.15, -0.1) is 0 Å². The third-order valence-corrected chi connectivity index (χ3v) is 2.77. The Kier molecular flexibility index (Phi) is 5.54. The van der Waals surface area contributed by atoms with Gasteiger partial charge in [-0.05, 0) is 12.5 Å². The molecule has 0 saturated heterocycles. The number of nitrogens with one attached hydrogen (secondary N) is 1. The van der Waals surface area contributed by atoms with Crippen LogP contribution < -0.4 is 10.1 Å². The van der Waals surface area contributed by atoms with Crippen LogP contribution in [0.2, 0.25) is 0 Å². The summed E-state index contributed by atoms with van der Waals surface area (Å²) in [5, 5.41) is 22.9. The van der Waals surface area contributed by atoms with Crippen molar-refractivity contribution in [2.75, 3.05) is 13.7 Å². The van der Waals surface area contributed by atoms with Crippen molar-refractivity contribution in [2.24, 2.45) is 0 Å². The van der Waals surface area contributed by atoms with Crippen molar-refractivity contribution in [1.82, 2.24) is 5.32 Å². The molecule has 1 rings (SSSR count). The molecule has 0 aliphatic heterocycles. The van der Waals surface area contributed by atoms with Crippen LogP contribution in [0.3, 0.4) is 0 Å². The molecule has 0 saturated carbocycles. The molecule has 0 aliphatic carbocycles. The molecule has 6 nitrogen and oxygen atoms in total. The van der Waals surface area contributed by atoms with Crippen molar-refractivity contribution >= 4 is 5.69 Å². The van der Waals surface area contributed by atoms with Gasteiger partial charge in [0.15, 0.2) is 0 Å². The number of aliphatic hydroxyl groups is 1. The van der Waals surface area contributed by atoms with Crippen LogP contribution >= 0.6 is 0 Å². The maximum absolute atomic E-state index is 10.7. The summed E-state index contributed by atoms with van der Waals surface area (Å²) in [7, 11) is 1.52. The maximum Gasteiger partial charge on any atom is 0.270 e. The number of aliphatic hydroxyl groups excluding tert-OH is 1. The minimum Gasteiger partial charge on any atom is -0.496 e. The van der Waals surface area contributed by atoms with E-state index in [4.69, 9.17) is 9.84 Å². The number of nitrogens with zero attached hydrogens (tertiary/aromatic N) is 1. The van der Waals surface area contributed by atoms with Crippen LogP contribution in [0, 0.1) is 10.1 Å². The van der Waals surface area contributed by atoms with Crippen LogP contribution in [0.1, 0.15) is 18.9 Å². The Morgan fingerprint density at radius 2 is 2.28 bits per heavy atom. The van der Waals surface area contributed by atoms with E-state index in [1.54, 1.807) is 6.07 Å². The topological polar surface area (TPSA) is 84.6 Å². The second-order valence-corrected chi connectivity index (χ2v) is 3.92. The van der Waals surface area contributed by atoms with Crippen LogP contribution in [0.15, 0.2) is 18.2 Å². The molecule has 0 heterocycles. The van der Waals surface area contributed by atoms with E-state index in [2.05, 4.69) is 5.32 Å². The molecule has 0 aliphatic rings. The van der Waals surface area contributed by atoms with E-state index in [0.717, 1.165) is 6.42 Å². The van der Waals surface area contributed by atoms with Gasteiger partial charge in [0.05, 0.1) is 18.6 Å². The highest BCUT2D eigenvalue weighted by atomic mass is 16.6. The van der Waals surface area contributed by atoms with Crippen LogP contribution in [0.5, 0.6) is 5.75 Å². The molecule has 1 aromatic carbocycles. The lowest BCUT2D eigenvalue weighted by Gasteiger charge is -2.15. The molecular weight excluding hydrogens is 236 g/mol. The third kappa shape index (κ3) is 3.68. The molecular formula is C12H18N2O4. The molecule has 2 N–H and O–H groups in total. The summed E-state index contributed by atoms with van der Waals surface area (Å²) < 4.78 is 5.15. The Labute approximate surface area is 106 Å². The third-order valence-electron chi connectivity index (χ3n) is 2.77. The molecule has 1 atom stereocenters. The van der Waals surface area contributed by atoms with Crippen molar-refractivity contribution in [3.05, 3.63) is 33.9 Å². The Balaban J connectivity index is 2.84. The molecule has 0 radical (unpaired) electrons. The minimum atomic E-state index is -0.438. The molecule has 0 aromatic heterocycles. The Hall–Kier alpha value is -1.66. The number of hydrogen-bond donors (Lipinski definition) is 2. The summed E-state index contributed by atoms with van der Waals surface area (Å²) in [6.07, 6.45) is 0.785. The average Bonchev–Trinajstić information content (AvgIpc) is 2.39. The lowest BCUT2D eigenvalue weighted by Crippen LogP contribution is -2.31. The molecule has 0 fully saturated rings. The number of hydrogen-bond acceptors (Lipinski definition) is 5. The van der Waals surface area contributed by atoms with E-state index in [1.165, 1.54) is 19.2 Å². The van der Waals surface area contributed by atoms with Gasteiger partial charge in [-0.2, -0.15) is 0 Å². The van der Waals surface area contributed by atoms with Crippen LogP contribution in [0.4, 0.5) is 5.69 Å². The highest BCUT2D eigenvalue weighted by Gasteiger charge is 2.12. The summed E-state index contributed by atoms with van der Waals surface area (Å²) in [6.45, 7) is 2.41. The Bertz CT molecular complexity index is 405. The molecule has 1 aromatic rings. The lowest BCUT2D eigenvalue weighted by atomic mass is 10.1.